The summed E-state index contributed by atoms with van der Waals surface area (Å²) in [4.78, 5) is 20.8. The van der Waals surface area contributed by atoms with Crippen LogP contribution in [0.3, 0.4) is 0 Å². The number of amides is 1. The van der Waals surface area contributed by atoms with Gasteiger partial charge < -0.3 is 9.64 Å². The van der Waals surface area contributed by atoms with Gasteiger partial charge in [0, 0.05) is 29.1 Å². The Labute approximate surface area is 192 Å². The monoisotopic (exact) mass is 448 g/mol. The first kappa shape index (κ1) is 22.0. The lowest BCUT2D eigenvalue weighted by molar-refractivity contribution is -0.112. The molecule has 0 radical (unpaired) electrons. The highest BCUT2D eigenvalue weighted by Crippen LogP contribution is 2.32. The van der Waals surface area contributed by atoms with E-state index in [4.69, 9.17) is 14.8 Å². The first-order valence-corrected chi connectivity index (χ1v) is 11.7. The highest BCUT2D eigenvalue weighted by Gasteiger charge is 2.34. The second-order valence-corrected chi connectivity index (χ2v) is 9.25. The molecule has 6 nitrogen and oxygen atoms in total. The van der Waals surface area contributed by atoms with Gasteiger partial charge in [0.15, 0.2) is 5.71 Å². The average Bonchev–Trinajstić information content (AvgIpc) is 3.27. The van der Waals surface area contributed by atoms with E-state index in [0.717, 1.165) is 33.1 Å². The summed E-state index contributed by atoms with van der Waals surface area (Å²) in [6.07, 6.45) is 0. The van der Waals surface area contributed by atoms with Gasteiger partial charge in [-0.15, -0.1) is 11.3 Å². The van der Waals surface area contributed by atoms with Crippen molar-refractivity contribution in [1.29, 1.82) is 0 Å². The zero-order chi connectivity index (χ0) is 22.8. The van der Waals surface area contributed by atoms with E-state index in [1.54, 1.807) is 11.8 Å². The third kappa shape index (κ3) is 4.12. The number of anilines is 1. The molecule has 0 unspecified atom stereocenters. The number of para-hydroxylation sites is 2. The predicted molar refractivity (Wildman–Crippen MR) is 131 cm³/mol. The van der Waals surface area contributed by atoms with E-state index in [2.05, 4.69) is 13.8 Å². The van der Waals surface area contributed by atoms with Crippen LogP contribution >= 0.6 is 11.3 Å². The molecule has 0 bridgehead atoms. The molecular formula is C25H28N4O2S. The van der Waals surface area contributed by atoms with E-state index in [0.29, 0.717) is 18.2 Å². The van der Waals surface area contributed by atoms with Gasteiger partial charge in [0.1, 0.15) is 5.75 Å². The zero-order valence-electron chi connectivity index (χ0n) is 19.1. The van der Waals surface area contributed by atoms with Crippen molar-refractivity contribution in [3.05, 3.63) is 64.3 Å². The molecule has 166 valence electrons. The van der Waals surface area contributed by atoms with Crippen molar-refractivity contribution < 1.29 is 9.53 Å². The van der Waals surface area contributed by atoms with Gasteiger partial charge >= 0.3 is 0 Å². The summed E-state index contributed by atoms with van der Waals surface area (Å²) in [6, 6.07) is 15.8. The van der Waals surface area contributed by atoms with Crippen LogP contribution in [0, 0.1) is 5.92 Å². The number of rotatable bonds is 6. The minimum absolute atomic E-state index is 0.0833. The van der Waals surface area contributed by atoms with E-state index in [1.165, 1.54) is 11.3 Å². The molecule has 7 heteroatoms. The number of ether oxygens (including phenoxy) is 1. The van der Waals surface area contributed by atoms with Crippen molar-refractivity contribution in [2.45, 2.75) is 33.7 Å². The lowest BCUT2D eigenvalue weighted by Crippen LogP contribution is -2.34. The first-order chi connectivity index (χ1) is 15.4. The van der Waals surface area contributed by atoms with E-state index in [-0.39, 0.29) is 11.9 Å². The van der Waals surface area contributed by atoms with Crippen LogP contribution in [0.1, 0.15) is 33.3 Å². The maximum atomic E-state index is 13.5. The molecule has 1 aliphatic heterocycles. The van der Waals surface area contributed by atoms with Crippen molar-refractivity contribution in [1.82, 2.24) is 4.68 Å². The Kier molecular flexibility index (Phi) is 6.28. The third-order valence-electron chi connectivity index (χ3n) is 5.08. The number of thiazole rings is 1. The maximum absolute atomic E-state index is 13.5. The third-order valence-corrected chi connectivity index (χ3v) is 5.91. The molecule has 32 heavy (non-hydrogen) atoms. The van der Waals surface area contributed by atoms with E-state index >= 15 is 0 Å². The van der Waals surface area contributed by atoms with Crippen molar-refractivity contribution in [2.24, 2.45) is 16.0 Å². The van der Waals surface area contributed by atoms with Gasteiger partial charge in [-0.1, -0.05) is 44.2 Å². The summed E-state index contributed by atoms with van der Waals surface area (Å²) >= 11 is 1.50. The number of hydrogen-bond acceptors (Lipinski definition) is 5. The summed E-state index contributed by atoms with van der Waals surface area (Å²) < 4.78 is 7.37. The summed E-state index contributed by atoms with van der Waals surface area (Å²) in [6.45, 7) is 8.92. The van der Waals surface area contributed by atoms with Crippen LogP contribution in [0.25, 0.3) is 11.3 Å². The summed E-state index contributed by atoms with van der Waals surface area (Å²) in [5.74, 6) is 1.01. The van der Waals surface area contributed by atoms with Crippen LogP contribution in [0.2, 0.25) is 0 Å². The van der Waals surface area contributed by atoms with Crippen LogP contribution in [-0.2, 0) is 4.79 Å². The average molecular weight is 449 g/mol. The van der Waals surface area contributed by atoms with Crippen LogP contribution in [0.5, 0.6) is 5.75 Å². The number of carbonyl (C=O) groups excluding carboxylic acids is 1. The first-order valence-electron chi connectivity index (χ1n) is 10.8. The SMILES string of the molecule is COc1ccccc1-c1csc(=NC(C)C)n1N=C1C(=O)N(CC(C)C)c2ccccc21. The van der Waals surface area contributed by atoms with Crippen LogP contribution in [0.15, 0.2) is 64.0 Å². The number of benzene rings is 2. The Morgan fingerprint density at radius 2 is 1.69 bits per heavy atom. The highest BCUT2D eigenvalue weighted by molar-refractivity contribution is 7.07. The number of hydrogen-bond donors (Lipinski definition) is 0. The number of carbonyl (C=O) groups is 1. The molecule has 0 saturated heterocycles. The molecule has 2 aromatic carbocycles. The number of methoxy groups -OCH3 is 1. The highest BCUT2D eigenvalue weighted by atomic mass is 32.1. The van der Waals surface area contributed by atoms with Gasteiger partial charge in [0.05, 0.1) is 18.5 Å². The summed E-state index contributed by atoms with van der Waals surface area (Å²) in [5, 5.41) is 6.92. The van der Waals surface area contributed by atoms with Gasteiger partial charge in [-0.05, 0) is 38.0 Å². The Hall–Kier alpha value is -3.19. The molecule has 2 heterocycles. The van der Waals surface area contributed by atoms with Gasteiger partial charge in [0.25, 0.3) is 5.91 Å². The second kappa shape index (κ2) is 9.12. The lowest BCUT2D eigenvalue weighted by atomic mass is 10.1. The Morgan fingerprint density at radius 3 is 2.38 bits per heavy atom. The maximum Gasteiger partial charge on any atom is 0.279 e. The lowest BCUT2D eigenvalue weighted by Gasteiger charge is -2.18. The quantitative estimate of drug-likeness (QED) is 0.544. The summed E-state index contributed by atoms with van der Waals surface area (Å²) in [7, 11) is 1.65. The molecule has 4 rings (SSSR count). The fourth-order valence-electron chi connectivity index (χ4n) is 3.75. The van der Waals surface area contributed by atoms with Crippen molar-refractivity contribution in [2.75, 3.05) is 18.6 Å². The second-order valence-electron chi connectivity index (χ2n) is 8.41. The van der Waals surface area contributed by atoms with Gasteiger partial charge in [-0.3, -0.25) is 9.79 Å². The molecule has 0 N–H and O–H groups in total. The molecule has 0 atom stereocenters. The molecule has 0 saturated carbocycles. The van der Waals surface area contributed by atoms with E-state index in [9.17, 15) is 4.79 Å². The minimum atomic E-state index is -0.0833. The Morgan fingerprint density at radius 1 is 1.00 bits per heavy atom. The van der Waals surface area contributed by atoms with Crippen molar-refractivity contribution >= 4 is 28.6 Å². The van der Waals surface area contributed by atoms with Crippen molar-refractivity contribution in [3.8, 4) is 17.0 Å². The standard InChI is InChI=1S/C25H28N4O2S/c1-16(2)14-28-20-12-8-6-11-19(20)23(24(28)30)27-29-21(15-32-25(29)26-17(3)4)18-10-7-9-13-22(18)31-5/h6-13,15-17H,14H2,1-5H3. The van der Waals surface area contributed by atoms with Crippen molar-refractivity contribution in [3.63, 3.8) is 0 Å². The normalized spacial score (nSPS) is 15.3. The Bertz CT molecular complexity index is 1240. The predicted octanol–water partition coefficient (Wildman–Crippen LogP) is 4.79. The van der Waals surface area contributed by atoms with Gasteiger partial charge in [-0.2, -0.15) is 5.10 Å². The van der Waals surface area contributed by atoms with Crippen LogP contribution in [0.4, 0.5) is 5.69 Å². The fourth-order valence-corrected chi connectivity index (χ4v) is 4.71. The smallest absolute Gasteiger partial charge is 0.279 e. The van der Waals surface area contributed by atoms with Crippen LogP contribution in [-0.4, -0.2) is 36.0 Å². The fraction of sp³-hybridized carbons (Fsp3) is 0.320. The topological polar surface area (TPSA) is 59.2 Å². The molecule has 1 aliphatic rings. The Balaban J connectivity index is 1.94. The van der Waals surface area contributed by atoms with Gasteiger partial charge in [-0.25, -0.2) is 4.68 Å². The molecule has 0 aliphatic carbocycles. The molecule has 1 aromatic heterocycles. The molecular weight excluding hydrogens is 420 g/mol. The van der Waals surface area contributed by atoms with E-state index in [1.807, 2.05) is 72.7 Å². The molecule has 0 fully saturated rings. The number of fused-ring (bicyclic) bond motifs is 1. The number of aromatic nitrogens is 1. The van der Waals surface area contributed by atoms with Gasteiger partial charge in [0.2, 0.25) is 4.80 Å². The molecule has 1 amide bonds. The minimum Gasteiger partial charge on any atom is -0.496 e. The summed E-state index contributed by atoms with van der Waals surface area (Å²) in [5.41, 5.74) is 3.92. The molecule has 0 spiro atoms. The van der Waals surface area contributed by atoms with E-state index < -0.39 is 0 Å². The number of nitrogens with zero attached hydrogens (tertiary/aromatic N) is 4. The zero-order valence-corrected chi connectivity index (χ0v) is 19.9. The molecule has 3 aromatic rings. The largest absolute Gasteiger partial charge is 0.496 e. The van der Waals surface area contributed by atoms with Crippen LogP contribution < -0.4 is 14.4 Å².